The van der Waals surface area contributed by atoms with E-state index >= 15 is 0 Å². The van der Waals surface area contributed by atoms with Crippen LogP contribution in [0.5, 0.6) is 5.75 Å². The molecule has 46 heavy (non-hydrogen) atoms. The van der Waals surface area contributed by atoms with E-state index in [9.17, 15) is 24.0 Å². The lowest BCUT2D eigenvalue weighted by Gasteiger charge is -2.31. The second-order valence-electron chi connectivity index (χ2n) is 11.8. The molecular formula is C31H36FN7O6S. The number of hydrogen-bond acceptors (Lipinski definition) is 10. The summed E-state index contributed by atoms with van der Waals surface area (Å²) in [5, 5.41) is 21.2. The van der Waals surface area contributed by atoms with Gasteiger partial charge in [-0.05, 0) is 65.7 Å². The lowest BCUT2D eigenvalue weighted by Crippen LogP contribution is -2.56. The third-order valence-corrected chi connectivity index (χ3v) is 9.09. The number of aryl methyl sites for hydroxylation is 1. The number of rotatable bonds is 11. The van der Waals surface area contributed by atoms with E-state index in [-0.39, 0.29) is 36.4 Å². The summed E-state index contributed by atoms with van der Waals surface area (Å²) >= 11 is 1.14. The molecule has 0 bridgehead atoms. The van der Waals surface area contributed by atoms with Gasteiger partial charge in [0.1, 0.15) is 39.1 Å². The first-order valence-corrected chi connectivity index (χ1v) is 15.7. The van der Waals surface area contributed by atoms with E-state index in [2.05, 4.69) is 15.5 Å². The van der Waals surface area contributed by atoms with Crippen molar-refractivity contribution < 1.29 is 23.4 Å². The first kappa shape index (κ1) is 33.0. The summed E-state index contributed by atoms with van der Waals surface area (Å²) < 4.78 is 34.9. The predicted octanol–water partition coefficient (Wildman–Crippen LogP) is 3.35. The summed E-state index contributed by atoms with van der Waals surface area (Å²) in [6.45, 7) is 8.80. The van der Waals surface area contributed by atoms with Crippen LogP contribution in [0.2, 0.25) is 0 Å². The molecule has 244 valence electrons. The Balaban J connectivity index is 1.76. The minimum absolute atomic E-state index is 0.173. The Bertz CT molecular complexity index is 1880. The molecule has 1 fully saturated rings. The van der Waals surface area contributed by atoms with Gasteiger partial charge in [0, 0.05) is 30.4 Å². The summed E-state index contributed by atoms with van der Waals surface area (Å²) in [7, 11) is 0. The van der Waals surface area contributed by atoms with Crippen molar-refractivity contribution in [2.45, 2.75) is 77.8 Å². The van der Waals surface area contributed by atoms with Crippen molar-refractivity contribution in [3.63, 3.8) is 0 Å². The van der Waals surface area contributed by atoms with Crippen molar-refractivity contribution in [3.8, 4) is 16.8 Å². The highest BCUT2D eigenvalue weighted by atomic mass is 32.1. The van der Waals surface area contributed by atoms with Gasteiger partial charge in [-0.25, -0.2) is 13.8 Å². The highest BCUT2D eigenvalue weighted by Crippen LogP contribution is 2.35. The molecule has 1 aromatic carbocycles. The molecule has 4 aromatic rings. The molecule has 1 saturated heterocycles. The fraction of sp³-hybridized carbons (Fsp3) is 0.484. The predicted molar refractivity (Wildman–Crippen MR) is 168 cm³/mol. The van der Waals surface area contributed by atoms with E-state index in [0.29, 0.717) is 47.0 Å². The van der Waals surface area contributed by atoms with Gasteiger partial charge in [0.25, 0.3) is 5.56 Å². The average molecular weight is 654 g/mol. The summed E-state index contributed by atoms with van der Waals surface area (Å²) in [4.78, 5) is 43.8. The number of carbonyl (C=O) groups is 1. The van der Waals surface area contributed by atoms with Gasteiger partial charge < -0.3 is 19.5 Å². The van der Waals surface area contributed by atoms with Crippen LogP contribution in [-0.4, -0.2) is 62.0 Å². The first-order valence-electron chi connectivity index (χ1n) is 14.9. The maximum absolute atomic E-state index is 14.8. The SMILES string of the molecule is Cc1c(-n2nccn2)sc2c1c(=O)n(C(C)(C)C(=O)NC(C)C)c(=O)n2C[C@H](OC1CCOCC1)c1cc(F)ccc1OCC#N. The average Bonchev–Trinajstić information content (AvgIpc) is 3.66. The second kappa shape index (κ2) is 13.5. The van der Waals surface area contributed by atoms with Crippen LogP contribution in [0.4, 0.5) is 4.39 Å². The molecular weight excluding hydrogens is 617 g/mol. The normalized spacial score (nSPS) is 14.8. The zero-order valence-electron chi connectivity index (χ0n) is 26.3. The van der Waals surface area contributed by atoms with Gasteiger partial charge >= 0.3 is 5.69 Å². The van der Waals surface area contributed by atoms with Crippen molar-refractivity contribution in [3.05, 3.63) is 68.4 Å². The molecule has 0 aliphatic carbocycles. The standard InChI is InChI=1S/C31H36FN7O6S/c1-18(2)36-29(41)31(4,5)38-26(40)25-19(3)27(39-34-11-12-35-39)46-28(25)37(30(38)42)17-24(45-21-8-13-43-14-9-21)22-16-20(32)6-7-23(22)44-15-10-33/h6-7,11-12,16,18,21,24H,8-9,13-15,17H2,1-5H3,(H,36,41)/t24-/m0/s1. The van der Waals surface area contributed by atoms with Crippen molar-refractivity contribution >= 4 is 27.5 Å². The van der Waals surface area contributed by atoms with Gasteiger partial charge in [-0.1, -0.05) is 11.3 Å². The smallest absolute Gasteiger partial charge is 0.333 e. The third kappa shape index (κ3) is 6.46. The number of hydrogen-bond donors (Lipinski definition) is 1. The Kier molecular flexibility index (Phi) is 9.71. The summed E-state index contributed by atoms with van der Waals surface area (Å²) in [5.74, 6) is -0.854. The van der Waals surface area contributed by atoms with E-state index in [0.717, 1.165) is 15.9 Å². The van der Waals surface area contributed by atoms with Crippen LogP contribution in [0.15, 0.2) is 40.2 Å². The highest BCUT2D eigenvalue weighted by Gasteiger charge is 2.37. The summed E-state index contributed by atoms with van der Waals surface area (Å²) in [6.07, 6.45) is 2.89. The molecule has 1 amide bonds. The van der Waals surface area contributed by atoms with Crippen LogP contribution in [0.1, 0.15) is 57.8 Å². The summed E-state index contributed by atoms with van der Waals surface area (Å²) in [6, 6.07) is 5.56. The Morgan fingerprint density at radius 3 is 2.59 bits per heavy atom. The second-order valence-corrected chi connectivity index (χ2v) is 12.8. The third-order valence-electron chi connectivity index (χ3n) is 7.81. The van der Waals surface area contributed by atoms with Crippen molar-refractivity contribution in [1.82, 2.24) is 29.4 Å². The topological polar surface area (TPSA) is 155 Å². The number of nitriles is 1. The molecule has 1 aliphatic heterocycles. The number of amides is 1. The number of nitrogens with one attached hydrogen (secondary N) is 1. The fourth-order valence-electron chi connectivity index (χ4n) is 5.48. The maximum Gasteiger partial charge on any atom is 0.333 e. The van der Waals surface area contributed by atoms with Crippen LogP contribution < -0.4 is 21.3 Å². The van der Waals surface area contributed by atoms with Gasteiger partial charge in [-0.2, -0.15) is 15.5 Å². The number of ether oxygens (including phenoxy) is 3. The number of fused-ring (bicyclic) bond motifs is 1. The maximum atomic E-state index is 14.8. The lowest BCUT2D eigenvalue weighted by atomic mass is 10.0. The highest BCUT2D eigenvalue weighted by molar-refractivity contribution is 7.21. The molecule has 1 atom stereocenters. The Morgan fingerprint density at radius 2 is 1.93 bits per heavy atom. The van der Waals surface area contributed by atoms with E-state index in [4.69, 9.17) is 14.2 Å². The molecule has 1 N–H and O–H groups in total. The number of thiophene rings is 1. The minimum atomic E-state index is -1.59. The molecule has 0 spiro atoms. The molecule has 15 heteroatoms. The van der Waals surface area contributed by atoms with Crippen molar-refractivity contribution in [2.75, 3.05) is 19.8 Å². The fourth-order valence-corrected chi connectivity index (χ4v) is 6.70. The Labute approximate surface area is 268 Å². The first-order chi connectivity index (χ1) is 21.9. The van der Waals surface area contributed by atoms with Crippen LogP contribution in [0.3, 0.4) is 0 Å². The molecule has 13 nitrogen and oxygen atoms in total. The van der Waals surface area contributed by atoms with Gasteiger partial charge in [0.15, 0.2) is 6.61 Å². The van der Waals surface area contributed by atoms with Crippen LogP contribution in [0, 0.1) is 24.1 Å². The Morgan fingerprint density at radius 1 is 1.24 bits per heavy atom. The van der Waals surface area contributed by atoms with Crippen molar-refractivity contribution in [1.29, 1.82) is 5.26 Å². The zero-order chi connectivity index (χ0) is 33.2. The van der Waals surface area contributed by atoms with Gasteiger partial charge in [0.05, 0.1) is 30.4 Å². The van der Waals surface area contributed by atoms with Gasteiger partial charge in [0.2, 0.25) is 5.91 Å². The van der Waals surface area contributed by atoms with E-state index in [1.807, 2.05) is 6.07 Å². The summed E-state index contributed by atoms with van der Waals surface area (Å²) in [5.41, 5.74) is -2.17. The number of benzene rings is 1. The molecule has 0 radical (unpaired) electrons. The van der Waals surface area contributed by atoms with E-state index < -0.39 is 34.6 Å². The van der Waals surface area contributed by atoms with Gasteiger partial charge in [-0.3, -0.25) is 14.2 Å². The van der Waals surface area contributed by atoms with E-state index in [1.54, 1.807) is 20.8 Å². The minimum Gasteiger partial charge on any atom is -0.478 e. The number of halogens is 1. The Hall–Kier alpha value is -4.39. The molecule has 0 unspecified atom stereocenters. The number of aromatic nitrogens is 5. The number of carbonyl (C=O) groups excluding carboxylic acids is 1. The monoisotopic (exact) mass is 653 g/mol. The number of nitrogens with zero attached hydrogens (tertiary/aromatic N) is 6. The lowest BCUT2D eigenvalue weighted by molar-refractivity contribution is -0.129. The molecule has 3 aromatic heterocycles. The molecule has 1 aliphatic rings. The molecule has 0 saturated carbocycles. The van der Waals surface area contributed by atoms with Crippen LogP contribution in [-0.2, 0) is 26.4 Å². The van der Waals surface area contributed by atoms with E-state index in [1.165, 1.54) is 53.8 Å². The van der Waals surface area contributed by atoms with Gasteiger partial charge in [-0.15, -0.1) is 4.80 Å². The van der Waals surface area contributed by atoms with Crippen molar-refractivity contribution in [2.24, 2.45) is 0 Å². The molecule has 5 rings (SSSR count). The molecule has 4 heterocycles. The largest absolute Gasteiger partial charge is 0.478 e. The van der Waals surface area contributed by atoms with Crippen LogP contribution >= 0.6 is 11.3 Å². The van der Waals surface area contributed by atoms with Crippen LogP contribution in [0.25, 0.3) is 15.2 Å². The quantitative estimate of drug-likeness (QED) is 0.257. The zero-order valence-corrected chi connectivity index (χ0v) is 27.1.